The minimum atomic E-state index is 0.0729. The number of morpholine rings is 1. The number of ketones is 1. The molecule has 1 aromatic carbocycles. The molecule has 2 aliphatic rings. The van der Waals surface area contributed by atoms with Crippen molar-refractivity contribution in [2.24, 2.45) is 5.92 Å². The number of carbonyl (C=O) groups is 1. The Morgan fingerprint density at radius 1 is 1.18 bits per heavy atom. The first-order chi connectivity index (χ1) is 10.7. The second-order valence-corrected chi connectivity index (χ2v) is 5.88. The van der Waals surface area contributed by atoms with E-state index in [0.717, 1.165) is 56.8 Å². The van der Waals surface area contributed by atoms with E-state index in [-0.39, 0.29) is 11.7 Å². The molecule has 5 nitrogen and oxygen atoms in total. The Kier molecular flexibility index (Phi) is 4.64. The molecule has 1 aliphatic heterocycles. The lowest BCUT2D eigenvalue weighted by Crippen LogP contribution is -2.42. The van der Waals surface area contributed by atoms with E-state index in [9.17, 15) is 4.79 Å². The van der Waals surface area contributed by atoms with Gasteiger partial charge < -0.3 is 14.2 Å². The van der Waals surface area contributed by atoms with E-state index in [1.165, 1.54) is 0 Å². The molecule has 1 fully saturated rings. The van der Waals surface area contributed by atoms with Gasteiger partial charge in [0.05, 0.1) is 27.4 Å². The highest BCUT2D eigenvalue weighted by Gasteiger charge is 2.30. The van der Waals surface area contributed by atoms with Gasteiger partial charge >= 0.3 is 0 Å². The third-order valence-corrected chi connectivity index (χ3v) is 4.59. The van der Waals surface area contributed by atoms with Crippen molar-refractivity contribution < 1.29 is 19.0 Å². The minimum Gasteiger partial charge on any atom is -0.493 e. The van der Waals surface area contributed by atoms with Gasteiger partial charge in [0.1, 0.15) is 0 Å². The third-order valence-electron chi connectivity index (χ3n) is 4.59. The molecule has 1 heterocycles. The Balaban J connectivity index is 1.79. The van der Waals surface area contributed by atoms with Crippen molar-refractivity contribution in [2.45, 2.75) is 12.8 Å². The Bertz CT molecular complexity index is 552. The van der Waals surface area contributed by atoms with Crippen LogP contribution in [0.1, 0.15) is 22.3 Å². The largest absolute Gasteiger partial charge is 0.493 e. The number of rotatable bonds is 4. The molecular weight excluding hydrogens is 282 g/mol. The quantitative estimate of drug-likeness (QED) is 0.848. The maximum atomic E-state index is 12.8. The number of ether oxygens (including phenoxy) is 3. The highest BCUT2D eigenvalue weighted by molar-refractivity contribution is 6.01. The van der Waals surface area contributed by atoms with Crippen LogP contribution in [0.5, 0.6) is 11.5 Å². The second kappa shape index (κ2) is 6.67. The van der Waals surface area contributed by atoms with Crippen molar-refractivity contribution in [3.05, 3.63) is 23.3 Å². The van der Waals surface area contributed by atoms with Crippen LogP contribution in [-0.2, 0) is 11.2 Å². The Labute approximate surface area is 131 Å². The van der Waals surface area contributed by atoms with Gasteiger partial charge in [-0.25, -0.2) is 0 Å². The van der Waals surface area contributed by atoms with Gasteiger partial charge in [-0.15, -0.1) is 0 Å². The highest BCUT2D eigenvalue weighted by atomic mass is 16.5. The van der Waals surface area contributed by atoms with Crippen LogP contribution >= 0.6 is 0 Å². The predicted octanol–water partition coefficient (Wildman–Crippen LogP) is 1.78. The summed E-state index contributed by atoms with van der Waals surface area (Å²) in [6.45, 7) is 4.20. The zero-order valence-corrected chi connectivity index (χ0v) is 13.3. The molecule has 1 atom stereocenters. The molecule has 1 saturated heterocycles. The van der Waals surface area contributed by atoms with Crippen molar-refractivity contribution >= 4 is 5.78 Å². The summed E-state index contributed by atoms with van der Waals surface area (Å²) in [4.78, 5) is 15.1. The molecule has 5 heteroatoms. The van der Waals surface area contributed by atoms with Crippen molar-refractivity contribution in [2.75, 3.05) is 47.1 Å². The molecule has 0 spiro atoms. The first kappa shape index (κ1) is 15.3. The molecule has 0 amide bonds. The Morgan fingerprint density at radius 2 is 1.86 bits per heavy atom. The van der Waals surface area contributed by atoms with Crippen LogP contribution in [0.25, 0.3) is 0 Å². The van der Waals surface area contributed by atoms with E-state index in [2.05, 4.69) is 4.90 Å². The summed E-state index contributed by atoms with van der Waals surface area (Å²) in [6.07, 6.45) is 1.81. The molecule has 1 aromatic rings. The number of Topliss-reactive ketones (excluding diaryl/α,β-unsaturated/α-hetero) is 1. The van der Waals surface area contributed by atoms with Gasteiger partial charge in [-0.3, -0.25) is 9.69 Å². The van der Waals surface area contributed by atoms with E-state index in [1.807, 2.05) is 12.1 Å². The maximum absolute atomic E-state index is 12.8. The molecule has 3 rings (SSSR count). The van der Waals surface area contributed by atoms with Gasteiger partial charge in [-0.05, 0) is 30.5 Å². The van der Waals surface area contributed by atoms with E-state index in [4.69, 9.17) is 14.2 Å². The highest BCUT2D eigenvalue weighted by Crippen LogP contribution is 2.35. The van der Waals surface area contributed by atoms with Crippen LogP contribution in [0.4, 0.5) is 0 Å². The molecule has 0 saturated carbocycles. The van der Waals surface area contributed by atoms with Gasteiger partial charge in [-0.1, -0.05) is 0 Å². The van der Waals surface area contributed by atoms with Gasteiger partial charge in [0, 0.05) is 31.1 Å². The summed E-state index contributed by atoms with van der Waals surface area (Å²) >= 11 is 0. The van der Waals surface area contributed by atoms with E-state index in [1.54, 1.807) is 14.2 Å². The molecule has 0 radical (unpaired) electrons. The molecule has 1 aliphatic carbocycles. The first-order valence-electron chi connectivity index (χ1n) is 7.82. The van der Waals surface area contributed by atoms with Crippen LogP contribution < -0.4 is 9.47 Å². The molecule has 120 valence electrons. The van der Waals surface area contributed by atoms with Crippen molar-refractivity contribution in [3.63, 3.8) is 0 Å². The number of hydrogen-bond acceptors (Lipinski definition) is 5. The lowest BCUT2D eigenvalue weighted by Gasteiger charge is -2.32. The summed E-state index contributed by atoms with van der Waals surface area (Å²) in [7, 11) is 3.22. The molecule has 0 unspecified atom stereocenters. The van der Waals surface area contributed by atoms with Gasteiger partial charge in [0.2, 0.25) is 0 Å². The summed E-state index contributed by atoms with van der Waals surface area (Å²) < 4.78 is 16.0. The fourth-order valence-corrected chi connectivity index (χ4v) is 3.31. The van der Waals surface area contributed by atoms with Crippen LogP contribution in [0, 0.1) is 5.92 Å². The van der Waals surface area contributed by atoms with Crippen molar-refractivity contribution in [1.82, 2.24) is 4.90 Å². The monoisotopic (exact) mass is 305 g/mol. The average molecular weight is 305 g/mol. The Hall–Kier alpha value is -1.59. The lowest BCUT2D eigenvalue weighted by molar-refractivity contribution is 0.0291. The van der Waals surface area contributed by atoms with Crippen molar-refractivity contribution in [1.29, 1.82) is 0 Å². The standard InChI is InChI=1S/C17H23NO4/c1-20-15-9-12-3-4-13(11-18-5-7-22-8-6-18)17(19)14(12)10-16(15)21-2/h9-10,13H,3-8,11H2,1-2H3/t13-/m1/s1. The van der Waals surface area contributed by atoms with Crippen LogP contribution in [0.15, 0.2) is 12.1 Å². The topological polar surface area (TPSA) is 48.0 Å². The van der Waals surface area contributed by atoms with E-state index in [0.29, 0.717) is 11.5 Å². The van der Waals surface area contributed by atoms with E-state index >= 15 is 0 Å². The summed E-state index contributed by atoms with van der Waals surface area (Å²) in [5, 5.41) is 0. The zero-order chi connectivity index (χ0) is 15.5. The van der Waals surface area contributed by atoms with Crippen LogP contribution in [0.2, 0.25) is 0 Å². The molecule has 0 bridgehead atoms. The summed E-state index contributed by atoms with van der Waals surface area (Å²) in [5.41, 5.74) is 1.86. The molecule has 0 aromatic heterocycles. The van der Waals surface area contributed by atoms with Gasteiger partial charge in [-0.2, -0.15) is 0 Å². The number of nitrogens with zero attached hydrogens (tertiary/aromatic N) is 1. The fourth-order valence-electron chi connectivity index (χ4n) is 3.31. The SMILES string of the molecule is COc1cc2c(cc1OC)C(=O)[C@@H](CN1CCOCC1)CC2. The lowest BCUT2D eigenvalue weighted by atomic mass is 9.82. The van der Waals surface area contributed by atoms with Crippen LogP contribution in [0.3, 0.4) is 0 Å². The summed E-state index contributed by atoms with van der Waals surface area (Å²) in [6, 6.07) is 3.78. The molecule has 22 heavy (non-hydrogen) atoms. The number of methoxy groups -OCH3 is 2. The fraction of sp³-hybridized carbons (Fsp3) is 0.588. The number of hydrogen-bond donors (Lipinski definition) is 0. The maximum Gasteiger partial charge on any atom is 0.167 e. The van der Waals surface area contributed by atoms with Crippen molar-refractivity contribution in [3.8, 4) is 11.5 Å². The van der Waals surface area contributed by atoms with Crippen LogP contribution in [-0.4, -0.2) is 57.8 Å². The van der Waals surface area contributed by atoms with E-state index < -0.39 is 0 Å². The first-order valence-corrected chi connectivity index (χ1v) is 7.82. The average Bonchev–Trinajstić information content (AvgIpc) is 2.57. The second-order valence-electron chi connectivity index (χ2n) is 5.88. The third kappa shape index (κ3) is 2.96. The number of fused-ring (bicyclic) bond motifs is 1. The smallest absolute Gasteiger partial charge is 0.167 e. The van der Waals surface area contributed by atoms with Gasteiger partial charge in [0.25, 0.3) is 0 Å². The predicted molar refractivity (Wildman–Crippen MR) is 82.9 cm³/mol. The molecular formula is C17H23NO4. The number of benzene rings is 1. The number of aryl methyl sites for hydroxylation is 1. The minimum absolute atomic E-state index is 0.0729. The normalized spacial score (nSPS) is 22.3. The molecule has 0 N–H and O–H groups in total. The summed E-state index contributed by atoms with van der Waals surface area (Å²) in [5.74, 6) is 1.62. The Morgan fingerprint density at radius 3 is 2.55 bits per heavy atom. The van der Waals surface area contributed by atoms with Gasteiger partial charge in [0.15, 0.2) is 17.3 Å². The zero-order valence-electron chi connectivity index (χ0n) is 13.3. The number of carbonyl (C=O) groups excluding carboxylic acids is 1.